The standard InChI is InChI=1S/C26H33BrFIO2/c1-2-3-4-5-6-7-8-9-10-11-12-17-13-18-20(15-23(17)28)26(31)19-14-22(27)24(29)16-21(19)25(18)30/h13-16,25-26,30-31H,2-12H2,1H3. The van der Waals surface area contributed by atoms with Crippen LogP contribution in [0, 0.1) is 9.39 Å². The maximum absolute atomic E-state index is 14.8. The van der Waals surface area contributed by atoms with Gasteiger partial charge in [-0.05, 0) is 103 Å². The van der Waals surface area contributed by atoms with Crippen LogP contribution < -0.4 is 0 Å². The third-order valence-corrected chi connectivity index (χ3v) is 8.65. The Kier molecular flexibility index (Phi) is 9.81. The molecule has 2 unspecified atom stereocenters. The molecule has 0 saturated carbocycles. The zero-order valence-electron chi connectivity index (χ0n) is 18.3. The molecule has 0 aromatic heterocycles. The minimum atomic E-state index is -0.928. The molecule has 2 nitrogen and oxygen atoms in total. The molecule has 0 bridgehead atoms. The number of halogens is 3. The summed E-state index contributed by atoms with van der Waals surface area (Å²) in [6.07, 6.45) is 11.4. The van der Waals surface area contributed by atoms with Crippen molar-refractivity contribution in [2.45, 2.75) is 89.8 Å². The first-order chi connectivity index (χ1) is 14.9. The van der Waals surface area contributed by atoms with Crippen LogP contribution in [0.2, 0.25) is 0 Å². The fourth-order valence-corrected chi connectivity index (χ4v) is 5.36. The van der Waals surface area contributed by atoms with Gasteiger partial charge >= 0.3 is 0 Å². The Balaban J connectivity index is 1.57. The van der Waals surface area contributed by atoms with Crippen molar-refractivity contribution in [2.24, 2.45) is 0 Å². The zero-order chi connectivity index (χ0) is 22.4. The van der Waals surface area contributed by atoms with Crippen molar-refractivity contribution >= 4 is 38.5 Å². The van der Waals surface area contributed by atoms with E-state index in [4.69, 9.17) is 0 Å². The number of rotatable bonds is 11. The van der Waals surface area contributed by atoms with E-state index >= 15 is 0 Å². The van der Waals surface area contributed by atoms with Crippen LogP contribution in [-0.4, -0.2) is 10.2 Å². The van der Waals surface area contributed by atoms with E-state index in [1.807, 2.05) is 12.1 Å². The van der Waals surface area contributed by atoms with E-state index in [0.717, 1.165) is 20.9 Å². The summed E-state index contributed by atoms with van der Waals surface area (Å²) < 4.78 is 16.6. The molecular formula is C26H33BrFIO2. The van der Waals surface area contributed by atoms with E-state index in [9.17, 15) is 14.6 Å². The summed E-state index contributed by atoms with van der Waals surface area (Å²) in [6, 6.07) is 6.90. The molecule has 0 saturated heterocycles. The lowest BCUT2D eigenvalue weighted by Gasteiger charge is -2.30. The normalized spacial score (nSPS) is 17.5. The molecule has 2 atom stereocenters. The van der Waals surface area contributed by atoms with Gasteiger partial charge in [-0.3, -0.25) is 0 Å². The third-order valence-electron chi connectivity index (χ3n) is 6.36. The largest absolute Gasteiger partial charge is 0.384 e. The van der Waals surface area contributed by atoms with E-state index in [0.29, 0.717) is 34.2 Å². The number of aryl methyl sites for hydroxylation is 1. The van der Waals surface area contributed by atoms with Crippen LogP contribution in [0.15, 0.2) is 28.7 Å². The highest BCUT2D eigenvalue weighted by atomic mass is 127. The second-order valence-corrected chi connectivity index (χ2v) is 10.7. The van der Waals surface area contributed by atoms with Crippen molar-refractivity contribution < 1.29 is 14.6 Å². The number of hydrogen-bond donors (Lipinski definition) is 2. The van der Waals surface area contributed by atoms with Gasteiger partial charge in [-0.15, -0.1) is 0 Å². The molecule has 170 valence electrons. The van der Waals surface area contributed by atoms with Crippen molar-refractivity contribution in [3.63, 3.8) is 0 Å². The van der Waals surface area contributed by atoms with Crippen LogP contribution in [0.4, 0.5) is 4.39 Å². The molecule has 1 aliphatic carbocycles. The van der Waals surface area contributed by atoms with Crippen molar-refractivity contribution in [2.75, 3.05) is 0 Å². The van der Waals surface area contributed by atoms with Crippen LogP contribution in [0.1, 0.15) is 111 Å². The summed E-state index contributed by atoms with van der Waals surface area (Å²) in [4.78, 5) is 0. The highest BCUT2D eigenvalue weighted by Gasteiger charge is 2.32. The van der Waals surface area contributed by atoms with E-state index in [2.05, 4.69) is 45.4 Å². The van der Waals surface area contributed by atoms with Gasteiger partial charge in [0.25, 0.3) is 0 Å². The van der Waals surface area contributed by atoms with E-state index < -0.39 is 12.2 Å². The maximum Gasteiger partial charge on any atom is 0.126 e. The summed E-state index contributed by atoms with van der Waals surface area (Å²) in [6.45, 7) is 2.24. The summed E-state index contributed by atoms with van der Waals surface area (Å²) >= 11 is 5.68. The molecule has 2 aromatic carbocycles. The molecule has 0 heterocycles. The summed E-state index contributed by atoms with van der Waals surface area (Å²) in [7, 11) is 0. The van der Waals surface area contributed by atoms with Crippen LogP contribution in [0.25, 0.3) is 0 Å². The number of hydrogen-bond acceptors (Lipinski definition) is 2. The highest BCUT2D eigenvalue weighted by Crippen LogP contribution is 2.43. The number of unbranched alkanes of at least 4 members (excludes halogenated alkanes) is 9. The molecule has 0 aliphatic heterocycles. The number of fused-ring (bicyclic) bond motifs is 2. The second-order valence-electron chi connectivity index (χ2n) is 8.70. The Bertz CT molecular complexity index is 886. The van der Waals surface area contributed by atoms with Crippen LogP contribution >= 0.6 is 38.5 Å². The van der Waals surface area contributed by atoms with Crippen molar-refractivity contribution in [3.05, 3.63) is 65.9 Å². The van der Waals surface area contributed by atoms with Gasteiger partial charge in [0, 0.05) is 8.04 Å². The summed E-state index contributed by atoms with van der Waals surface area (Å²) in [5.74, 6) is -0.283. The van der Waals surface area contributed by atoms with Crippen LogP contribution in [0.3, 0.4) is 0 Å². The Morgan fingerprint density at radius 3 is 1.87 bits per heavy atom. The zero-order valence-corrected chi connectivity index (χ0v) is 22.0. The third kappa shape index (κ3) is 6.30. The van der Waals surface area contributed by atoms with E-state index in [1.54, 1.807) is 6.07 Å². The first-order valence-electron chi connectivity index (χ1n) is 11.6. The van der Waals surface area contributed by atoms with Gasteiger partial charge in [0.2, 0.25) is 0 Å². The first-order valence-corrected chi connectivity index (χ1v) is 13.5. The quantitative estimate of drug-likeness (QED) is 0.201. The SMILES string of the molecule is CCCCCCCCCCCCc1cc2c(cc1F)C(O)c1cc(Br)c(I)cc1C2O. The lowest BCUT2D eigenvalue weighted by molar-refractivity contribution is 0.172. The van der Waals surface area contributed by atoms with Crippen LogP contribution in [-0.2, 0) is 6.42 Å². The lowest BCUT2D eigenvalue weighted by atomic mass is 9.81. The Labute approximate surface area is 207 Å². The topological polar surface area (TPSA) is 40.5 Å². The minimum absolute atomic E-state index is 0.283. The predicted octanol–water partition coefficient (Wildman–Crippen LogP) is 8.13. The molecule has 2 N–H and O–H groups in total. The highest BCUT2D eigenvalue weighted by molar-refractivity contribution is 14.1. The smallest absolute Gasteiger partial charge is 0.126 e. The molecule has 0 spiro atoms. The molecule has 0 radical (unpaired) electrons. The second kappa shape index (κ2) is 12.1. The summed E-state index contributed by atoms with van der Waals surface area (Å²) in [5.41, 5.74) is 3.07. The molecule has 31 heavy (non-hydrogen) atoms. The van der Waals surface area contributed by atoms with Crippen molar-refractivity contribution in [1.82, 2.24) is 0 Å². The fraction of sp³-hybridized carbons (Fsp3) is 0.538. The number of aliphatic hydroxyl groups is 2. The fourth-order valence-electron chi connectivity index (χ4n) is 4.51. The van der Waals surface area contributed by atoms with Gasteiger partial charge in [-0.2, -0.15) is 0 Å². The molecule has 0 amide bonds. The van der Waals surface area contributed by atoms with Gasteiger partial charge in [0.05, 0.1) is 0 Å². The average Bonchev–Trinajstić information content (AvgIpc) is 2.75. The molecule has 5 heteroatoms. The first kappa shape index (κ1) is 25.1. The molecule has 0 fully saturated rings. The monoisotopic (exact) mass is 602 g/mol. The minimum Gasteiger partial charge on any atom is -0.384 e. The average molecular weight is 603 g/mol. The van der Waals surface area contributed by atoms with E-state index in [1.165, 1.54) is 57.4 Å². The van der Waals surface area contributed by atoms with Crippen molar-refractivity contribution in [3.8, 4) is 0 Å². The predicted molar refractivity (Wildman–Crippen MR) is 137 cm³/mol. The maximum atomic E-state index is 14.8. The number of aliphatic hydroxyl groups excluding tert-OH is 2. The molecule has 2 aromatic rings. The Hall–Kier alpha value is -0.500. The number of benzene rings is 2. The Morgan fingerprint density at radius 2 is 1.26 bits per heavy atom. The molecule has 1 aliphatic rings. The Morgan fingerprint density at radius 1 is 0.774 bits per heavy atom. The van der Waals surface area contributed by atoms with Gasteiger partial charge in [0.1, 0.15) is 18.0 Å². The van der Waals surface area contributed by atoms with Crippen LogP contribution in [0.5, 0.6) is 0 Å². The van der Waals surface area contributed by atoms with Gasteiger partial charge in [-0.25, -0.2) is 4.39 Å². The molecule has 3 rings (SSSR count). The summed E-state index contributed by atoms with van der Waals surface area (Å²) in [5, 5.41) is 21.8. The van der Waals surface area contributed by atoms with Gasteiger partial charge in [-0.1, -0.05) is 64.7 Å². The lowest BCUT2D eigenvalue weighted by Crippen LogP contribution is -2.19. The molecular weight excluding hydrogens is 570 g/mol. The van der Waals surface area contributed by atoms with Gasteiger partial charge in [0.15, 0.2) is 0 Å². The van der Waals surface area contributed by atoms with Crippen molar-refractivity contribution in [1.29, 1.82) is 0 Å². The van der Waals surface area contributed by atoms with E-state index in [-0.39, 0.29) is 5.82 Å². The van der Waals surface area contributed by atoms with Gasteiger partial charge < -0.3 is 10.2 Å².